The summed E-state index contributed by atoms with van der Waals surface area (Å²) in [5, 5.41) is 0.139. The van der Waals surface area contributed by atoms with E-state index >= 15 is 0 Å². The molecule has 3 rings (SSSR count). The number of anilines is 1. The maximum Gasteiger partial charge on any atom is 0.261 e. The van der Waals surface area contributed by atoms with Gasteiger partial charge in [0.15, 0.2) is 6.61 Å². The summed E-state index contributed by atoms with van der Waals surface area (Å²) in [4.78, 5) is 14.2. The molecule has 0 saturated carbocycles. The molecule has 29 heavy (non-hydrogen) atoms. The van der Waals surface area contributed by atoms with Gasteiger partial charge in [-0.1, -0.05) is 42.1 Å². The van der Waals surface area contributed by atoms with Crippen LogP contribution in [0, 0.1) is 6.92 Å². The number of sulfonamides is 1. The van der Waals surface area contributed by atoms with E-state index in [0.29, 0.717) is 5.69 Å². The highest BCUT2D eigenvalue weighted by Gasteiger charge is 2.19. The highest BCUT2D eigenvalue weighted by molar-refractivity contribution is 7.92. The van der Waals surface area contributed by atoms with E-state index in [1.54, 1.807) is 12.1 Å². The van der Waals surface area contributed by atoms with E-state index in [0.717, 1.165) is 44.3 Å². The standard InChI is InChI=1S/C21H25ClN2O4S/c1-16-6-8-17(9-7-16)23-29(26,27)18-10-11-20(19(22)14-18)28-15-21(25)24-12-4-2-3-5-13-24/h6-11,14,23H,2-5,12-13,15H2,1H3. The number of likely N-dealkylation sites (tertiary alicyclic amines) is 1. The molecule has 0 spiro atoms. The number of aryl methyl sites for hydroxylation is 1. The van der Waals surface area contributed by atoms with Crippen molar-refractivity contribution in [3.05, 3.63) is 53.1 Å². The van der Waals surface area contributed by atoms with Gasteiger partial charge in [-0.3, -0.25) is 9.52 Å². The Morgan fingerprint density at radius 3 is 2.34 bits per heavy atom. The molecule has 1 fully saturated rings. The maximum atomic E-state index is 12.6. The van der Waals surface area contributed by atoms with Crippen molar-refractivity contribution >= 4 is 33.2 Å². The monoisotopic (exact) mass is 436 g/mol. The second-order valence-electron chi connectivity index (χ2n) is 7.15. The van der Waals surface area contributed by atoms with Crippen LogP contribution in [0.25, 0.3) is 0 Å². The van der Waals surface area contributed by atoms with Crippen molar-refractivity contribution in [3.63, 3.8) is 0 Å². The Morgan fingerprint density at radius 1 is 1.07 bits per heavy atom. The number of amides is 1. The van der Waals surface area contributed by atoms with Crippen LogP contribution in [-0.2, 0) is 14.8 Å². The molecule has 1 aliphatic heterocycles. The molecule has 156 valence electrons. The smallest absolute Gasteiger partial charge is 0.261 e. The van der Waals surface area contributed by atoms with E-state index in [1.807, 2.05) is 24.0 Å². The first-order valence-corrected chi connectivity index (χ1v) is 11.5. The minimum Gasteiger partial charge on any atom is -0.482 e. The number of halogens is 1. The third-order valence-electron chi connectivity index (χ3n) is 4.83. The van der Waals surface area contributed by atoms with Gasteiger partial charge < -0.3 is 9.64 Å². The zero-order valence-electron chi connectivity index (χ0n) is 16.4. The highest BCUT2D eigenvalue weighted by Crippen LogP contribution is 2.28. The van der Waals surface area contributed by atoms with Gasteiger partial charge in [0.2, 0.25) is 0 Å². The summed E-state index contributed by atoms with van der Waals surface area (Å²) in [6.45, 7) is 3.30. The van der Waals surface area contributed by atoms with Crippen molar-refractivity contribution in [2.45, 2.75) is 37.5 Å². The van der Waals surface area contributed by atoms with Crippen molar-refractivity contribution in [3.8, 4) is 5.75 Å². The van der Waals surface area contributed by atoms with Gasteiger partial charge >= 0.3 is 0 Å². The number of hydrogen-bond acceptors (Lipinski definition) is 4. The first-order valence-electron chi connectivity index (χ1n) is 9.65. The number of nitrogens with one attached hydrogen (secondary N) is 1. The molecule has 0 unspecified atom stereocenters. The summed E-state index contributed by atoms with van der Waals surface area (Å²) in [6.07, 6.45) is 4.30. The normalized spacial score (nSPS) is 14.9. The molecule has 1 amide bonds. The Bertz CT molecular complexity index is 953. The Hall–Kier alpha value is -2.25. The molecule has 6 nitrogen and oxygen atoms in total. The van der Waals surface area contributed by atoms with E-state index in [-0.39, 0.29) is 28.2 Å². The molecular weight excluding hydrogens is 412 g/mol. The van der Waals surface area contributed by atoms with Gasteiger partial charge in [0.05, 0.1) is 9.92 Å². The van der Waals surface area contributed by atoms with Crippen molar-refractivity contribution in [1.82, 2.24) is 4.90 Å². The molecule has 2 aromatic carbocycles. The Labute approximate surface area is 176 Å². The van der Waals surface area contributed by atoms with Crippen LogP contribution in [0.3, 0.4) is 0 Å². The lowest BCUT2D eigenvalue weighted by molar-refractivity contribution is -0.133. The summed E-state index contributed by atoms with van der Waals surface area (Å²) in [5.74, 6) is 0.199. The van der Waals surface area contributed by atoms with E-state index in [2.05, 4.69) is 4.72 Å². The van der Waals surface area contributed by atoms with Gasteiger partial charge in [0, 0.05) is 18.8 Å². The van der Waals surface area contributed by atoms with Crippen molar-refractivity contribution < 1.29 is 17.9 Å². The molecule has 0 bridgehead atoms. The Balaban J connectivity index is 1.64. The largest absolute Gasteiger partial charge is 0.482 e. The molecule has 8 heteroatoms. The van der Waals surface area contributed by atoms with Crippen LogP contribution in [0.2, 0.25) is 5.02 Å². The van der Waals surface area contributed by atoms with Crippen molar-refractivity contribution in [2.24, 2.45) is 0 Å². The van der Waals surface area contributed by atoms with Gasteiger partial charge in [-0.05, 0) is 50.1 Å². The van der Waals surface area contributed by atoms with Crippen LogP contribution < -0.4 is 9.46 Å². The van der Waals surface area contributed by atoms with E-state index < -0.39 is 10.0 Å². The summed E-state index contributed by atoms with van der Waals surface area (Å²) in [7, 11) is -3.78. The first-order chi connectivity index (χ1) is 13.8. The number of benzene rings is 2. The minimum atomic E-state index is -3.78. The Morgan fingerprint density at radius 2 is 1.72 bits per heavy atom. The summed E-state index contributed by atoms with van der Waals surface area (Å²) in [6, 6.07) is 11.2. The maximum absolute atomic E-state index is 12.6. The van der Waals surface area contributed by atoms with Crippen molar-refractivity contribution in [2.75, 3.05) is 24.4 Å². The third kappa shape index (κ3) is 5.87. The lowest BCUT2D eigenvalue weighted by Gasteiger charge is -2.20. The highest BCUT2D eigenvalue weighted by atomic mass is 35.5. The van der Waals surface area contributed by atoms with Crippen LogP contribution in [0.4, 0.5) is 5.69 Å². The molecule has 1 aliphatic rings. The zero-order valence-corrected chi connectivity index (χ0v) is 17.9. The number of hydrogen-bond donors (Lipinski definition) is 1. The number of rotatable bonds is 6. The van der Waals surface area contributed by atoms with Crippen LogP contribution in [0.1, 0.15) is 31.2 Å². The van der Waals surface area contributed by atoms with E-state index in [4.69, 9.17) is 16.3 Å². The number of carbonyl (C=O) groups is 1. The molecule has 1 heterocycles. The molecular formula is C21H25ClN2O4S. The lowest BCUT2D eigenvalue weighted by atomic mass is 10.2. The average molecular weight is 437 g/mol. The minimum absolute atomic E-state index is 0.0225. The second kappa shape index (κ2) is 9.50. The van der Waals surface area contributed by atoms with Crippen molar-refractivity contribution in [1.29, 1.82) is 0 Å². The fourth-order valence-electron chi connectivity index (χ4n) is 3.15. The molecule has 0 aromatic heterocycles. The predicted molar refractivity (Wildman–Crippen MR) is 114 cm³/mol. The van der Waals surface area contributed by atoms with Gasteiger partial charge in [-0.25, -0.2) is 8.42 Å². The average Bonchev–Trinajstić information content (AvgIpc) is 2.98. The van der Waals surface area contributed by atoms with Gasteiger partial charge in [-0.15, -0.1) is 0 Å². The number of ether oxygens (including phenoxy) is 1. The molecule has 1 saturated heterocycles. The first kappa shape index (κ1) is 21.5. The molecule has 0 radical (unpaired) electrons. The molecule has 1 N–H and O–H groups in total. The predicted octanol–water partition coefficient (Wildman–Crippen LogP) is 4.23. The summed E-state index contributed by atoms with van der Waals surface area (Å²) >= 11 is 6.21. The lowest BCUT2D eigenvalue weighted by Crippen LogP contribution is -2.35. The quantitative estimate of drug-likeness (QED) is 0.735. The van der Waals surface area contributed by atoms with Crippen LogP contribution in [0.15, 0.2) is 47.4 Å². The number of nitrogens with zero attached hydrogens (tertiary/aromatic N) is 1. The fraction of sp³-hybridized carbons (Fsp3) is 0.381. The SMILES string of the molecule is Cc1ccc(NS(=O)(=O)c2ccc(OCC(=O)N3CCCCCC3)c(Cl)c2)cc1. The molecule has 0 aliphatic carbocycles. The van der Waals surface area contributed by atoms with Crippen LogP contribution in [-0.4, -0.2) is 38.9 Å². The van der Waals surface area contributed by atoms with E-state index in [1.165, 1.54) is 18.2 Å². The van der Waals surface area contributed by atoms with E-state index in [9.17, 15) is 13.2 Å². The topological polar surface area (TPSA) is 75.7 Å². The number of carbonyl (C=O) groups excluding carboxylic acids is 1. The van der Waals surface area contributed by atoms with Crippen LogP contribution in [0.5, 0.6) is 5.75 Å². The van der Waals surface area contributed by atoms with Gasteiger partial charge in [-0.2, -0.15) is 0 Å². The molecule has 2 aromatic rings. The third-order valence-corrected chi connectivity index (χ3v) is 6.50. The van der Waals surface area contributed by atoms with Crippen LogP contribution >= 0.6 is 11.6 Å². The van der Waals surface area contributed by atoms with Gasteiger partial charge in [0.25, 0.3) is 15.9 Å². The zero-order chi connectivity index (χ0) is 20.9. The second-order valence-corrected chi connectivity index (χ2v) is 9.24. The summed E-state index contributed by atoms with van der Waals surface area (Å²) in [5.41, 5.74) is 1.50. The Kier molecular flexibility index (Phi) is 7.03. The fourth-order valence-corrected chi connectivity index (χ4v) is 4.54. The van der Waals surface area contributed by atoms with Gasteiger partial charge in [0.1, 0.15) is 5.75 Å². The summed E-state index contributed by atoms with van der Waals surface area (Å²) < 4.78 is 33.2. The molecule has 0 atom stereocenters.